The molecule has 8 heavy (non-hydrogen) atoms. The van der Waals surface area contributed by atoms with Crippen molar-refractivity contribution >= 4 is 21.6 Å². The van der Waals surface area contributed by atoms with Gasteiger partial charge in [0.2, 0.25) is 0 Å². The molecule has 50 valence electrons. The topological polar surface area (TPSA) is 0 Å². The molecule has 0 amide bonds. The molecule has 0 aromatic carbocycles. The molecule has 0 fully saturated rings. The van der Waals surface area contributed by atoms with Crippen molar-refractivity contribution in [3.63, 3.8) is 0 Å². The Labute approximate surface area is 60.2 Å². The monoisotopic (exact) mass is 150 g/mol. The molecule has 0 aromatic heterocycles. The number of unbranched alkanes of at least 4 members (excludes halogenated alkanes) is 2. The lowest BCUT2D eigenvalue weighted by Crippen LogP contribution is -1.74. The lowest BCUT2D eigenvalue weighted by molar-refractivity contribution is 0.780. The zero-order valence-electron chi connectivity index (χ0n) is 5.64. The summed E-state index contributed by atoms with van der Waals surface area (Å²) < 4.78 is 0. The van der Waals surface area contributed by atoms with Crippen LogP contribution in [0.4, 0.5) is 0 Å². The predicted molar refractivity (Wildman–Crippen MR) is 45.5 cm³/mol. The Kier molecular flexibility index (Phi) is 8.37. The molecule has 0 aliphatic rings. The maximum absolute atomic E-state index is 2.24. The average Bonchev–Trinajstić information content (AvgIpc) is 1.81. The Morgan fingerprint density at radius 1 is 1.25 bits per heavy atom. The van der Waals surface area contributed by atoms with Crippen molar-refractivity contribution in [2.75, 3.05) is 12.0 Å². The van der Waals surface area contributed by atoms with Crippen LogP contribution in [0.15, 0.2) is 0 Å². The van der Waals surface area contributed by atoms with E-state index in [0.29, 0.717) is 0 Å². The van der Waals surface area contributed by atoms with Crippen molar-refractivity contribution < 1.29 is 0 Å². The SMILES string of the molecule is CCCCCSSC. The predicted octanol–water partition coefficient (Wildman–Crippen LogP) is 3.19. The van der Waals surface area contributed by atoms with E-state index in [2.05, 4.69) is 13.2 Å². The van der Waals surface area contributed by atoms with Gasteiger partial charge in [-0.3, -0.25) is 0 Å². The molecule has 0 rings (SSSR count). The Morgan fingerprint density at radius 3 is 2.50 bits per heavy atom. The quantitative estimate of drug-likeness (QED) is 0.436. The minimum Gasteiger partial charge on any atom is -0.0976 e. The van der Waals surface area contributed by atoms with E-state index in [1.807, 2.05) is 21.6 Å². The summed E-state index contributed by atoms with van der Waals surface area (Å²) in [5.74, 6) is 1.33. The molecule has 0 aromatic rings. The molecule has 0 radical (unpaired) electrons. The van der Waals surface area contributed by atoms with Crippen LogP contribution in [0.3, 0.4) is 0 Å². The highest BCUT2D eigenvalue weighted by atomic mass is 33.1. The van der Waals surface area contributed by atoms with E-state index < -0.39 is 0 Å². The van der Waals surface area contributed by atoms with Gasteiger partial charge in [0.1, 0.15) is 0 Å². The van der Waals surface area contributed by atoms with Gasteiger partial charge < -0.3 is 0 Å². The summed E-state index contributed by atoms with van der Waals surface area (Å²) in [6.45, 7) is 2.24. The zero-order chi connectivity index (χ0) is 6.24. The fourth-order valence-electron chi connectivity index (χ4n) is 0.494. The van der Waals surface area contributed by atoms with Crippen molar-refractivity contribution in [1.29, 1.82) is 0 Å². The smallest absolute Gasteiger partial charge is 0.00368 e. The molecule has 0 heterocycles. The molecule has 0 saturated heterocycles. The van der Waals surface area contributed by atoms with Crippen LogP contribution in [-0.2, 0) is 0 Å². The Hall–Kier alpha value is 0.700. The van der Waals surface area contributed by atoms with Gasteiger partial charge in [0, 0.05) is 5.75 Å². The van der Waals surface area contributed by atoms with E-state index in [9.17, 15) is 0 Å². The van der Waals surface area contributed by atoms with Gasteiger partial charge in [0.25, 0.3) is 0 Å². The maximum atomic E-state index is 2.24. The highest BCUT2D eigenvalue weighted by Gasteiger charge is 1.84. The van der Waals surface area contributed by atoms with Crippen molar-refractivity contribution in [2.24, 2.45) is 0 Å². The minimum absolute atomic E-state index is 1.33. The molecule has 0 saturated carbocycles. The van der Waals surface area contributed by atoms with Crippen LogP contribution in [0.25, 0.3) is 0 Å². The first kappa shape index (κ1) is 8.70. The van der Waals surface area contributed by atoms with Crippen molar-refractivity contribution in [1.82, 2.24) is 0 Å². The number of hydrogen-bond donors (Lipinski definition) is 0. The molecule has 0 spiro atoms. The van der Waals surface area contributed by atoms with Crippen LogP contribution in [0, 0.1) is 0 Å². The van der Waals surface area contributed by atoms with Gasteiger partial charge in [0.05, 0.1) is 0 Å². The van der Waals surface area contributed by atoms with Crippen molar-refractivity contribution in [3.05, 3.63) is 0 Å². The van der Waals surface area contributed by atoms with Gasteiger partial charge >= 0.3 is 0 Å². The third-order valence-electron chi connectivity index (χ3n) is 0.949. The summed E-state index contributed by atoms with van der Waals surface area (Å²) in [6, 6.07) is 0. The van der Waals surface area contributed by atoms with E-state index >= 15 is 0 Å². The summed E-state index contributed by atoms with van der Waals surface area (Å²) in [4.78, 5) is 0. The second-order valence-electron chi connectivity index (χ2n) is 1.70. The van der Waals surface area contributed by atoms with E-state index in [4.69, 9.17) is 0 Å². The summed E-state index contributed by atoms with van der Waals surface area (Å²) in [5.41, 5.74) is 0. The molecule has 0 aliphatic carbocycles. The number of rotatable bonds is 5. The Bertz CT molecular complexity index is 31.5. The second-order valence-corrected chi connectivity index (χ2v) is 4.38. The summed E-state index contributed by atoms with van der Waals surface area (Å²) in [7, 11) is 3.83. The Balaban J connectivity index is 2.53. The van der Waals surface area contributed by atoms with Crippen LogP contribution >= 0.6 is 21.6 Å². The highest BCUT2D eigenvalue weighted by molar-refractivity contribution is 8.76. The third-order valence-corrected chi connectivity index (χ3v) is 2.85. The molecule has 0 N–H and O–H groups in total. The molecule has 0 bridgehead atoms. The van der Waals surface area contributed by atoms with Crippen molar-refractivity contribution in [3.8, 4) is 0 Å². The van der Waals surface area contributed by atoms with Gasteiger partial charge in [-0.15, -0.1) is 0 Å². The van der Waals surface area contributed by atoms with E-state index in [1.54, 1.807) is 0 Å². The summed E-state index contributed by atoms with van der Waals surface area (Å²) >= 11 is 0. The molecule has 0 aliphatic heterocycles. The van der Waals surface area contributed by atoms with Crippen LogP contribution in [-0.4, -0.2) is 12.0 Å². The first-order valence-corrected chi connectivity index (χ1v) is 5.80. The highest BCUT2D eigenvalue weighted by Crippen LogP contribution is 2.18. The van der Waals surface area contributed by atoms with Gasteiger partial charge in [0.15, 0.2) is 0 Å². The first-order chi connectivity index (χ1) is 3.91. The Morgan fingerprint density at radius 2 is 2.00 bits per heavy atom. The van der Waals surface area contributed by atoms with Crippen LogP contribution in [0.1, 0.15) is 26.2 Å². The first-order valence-electron chi connectivity index (χ1n) is 3.07. The van der Waals surface area contributed by atoms with Crippen LogP contribution in [0.5, 0.6) is 0 Å². The van der Waals surface area contributed by atoms with Gasteiger partial charge in [-0.2, -0.15) is 0 Å². The molecular formula is C6H14S2. The van der Waals surface area contributed by atoms with Gasteiger partial charge in [-0.25, -0.2) is 0 Å². The fraction of sp³-hybridized carbons (Fsp3) is 1.00. The molecule has 2 heteroatoms. The normalized spacial score (nSPS) is 9.75. The van der Waals surface area contributed by atoms with E-state index in [1.165, 1.54) is 25.0 Å². The lowest BCUT2D eigenvalue weighted by Gasteiger charge is -1.93. The van der Waals surface area contributed by atoms with E-state index in [-0.39, 0.29) is 0 Å². The molecule has 0 atom stereocenters. The maximum Gasteiger partial charge on any atom is 0.00368 e. The largest absolute Gasteiger partial charge is 0.0976 e. The zero-order valence-corrected chi connectivity index (χ0v) is 7.28. The molecular weight excluding hydrogens is 136 g/mol. The van der Waals surface area contributed by atoms with Crippen LogP contribution in [0.2, 0.25) is 0 Å². The minimum atomic E-state index is 1.33. The third kappa shape index (κ3) is 6.70. The molecule has 0 nitrogen and oxygen atoms in total. The number of hydrogen-bond acceptors (Lipinski definition) is 2. The van der Waals surface area contributed by atoms with Crippen LogP contribution < -0.4 is 0 Å². The standard InChI is InChI=1S/C6H14S2/c1-3-4-5-6-8-7-2/h3-6H2,1-2H3. The lowest BCUT2D eigenvalue weighted by atomic mass is 10.3. The van der Waals surface area contributed by atoms with Gasteiger partial charge in [-0.1, -0.05) is 41.4 Å². The average molecular weight is 150 g/mol. The molecule has 0 unspecified atom stereocenters. The summed E-state index contributed by atoms with van der Waals surface area (Å²) in [5, 5.41) is 0. The van der Waals surface area contributed by atoms with Crippen molar-refractivity contribution in [2.45, 2.75) is 26.2 Å². The van der Waals surface area contributed by atoms with Gasteiger partial charge in [-0.05, 0) is 12.7 Å². The van der Waals surface area contributed by atoms with E-state index in [0.717, 1.165) is 0 Å². The second kappa shape index (κ2) is 7.70. The fourth-order valence-corrected chi connectivity index (χ4v) is 1.84. The summed E-state index contributed by atoms with van der Waals surface area (Å²) in [6.07, 6.45) is 6.26.